The highest BCUT2D eigenvalue weighted by Gasteiger charge is 2.21. The lowest BCUT2D eigenvalue weighted by molar-refractivity contribution is 0.0858. The number of hydrogen-bond acceptors (Lipinski definition) is 5. The van der Waals surface area contributed by atoms with E-state index in [4.69, 9.17) is 0 Å². The van der Waals surface area contributed by atoms with Crippen LogP contribution in [0.3, 0.4) is 0 Å². The topological polar surface area (TPSA) is 86.0 Å². The molecule has 0 aliphatic heterocycles. The van der Waals surface area contributed by atoms with Crippen LogP contribution in [0.4, 0.5) is 5.13 Å². The minimum absolute atomic E-state index is 0.104. The van der Waals surface area contributed by atoms with Gasteiger partial charge in [0.1, 0.15) is 6.04 Å². The molecule has 31 heavy (non-hydrogen) atoms. The van der Waals surface area contributed by atoms with Gasteiger partial charge in [-0.15, -0.1) is 11.3 Å². The number of benzene rings is 2. The third kappa shape index (κ3) is 3.41. The van der Waals surface area contributed by atoms with E-state index >= 15 is 0 Å². The number of carbonyl (C=O) groups excluding carboxylic acids is 1. The molecule has 0 saturated carbocycles. The number of hydrogen-bond donors (Lipinski definition) is 1. The van der Waals surface area contributed by atoms with Crippen LogP contribution in [0.5, 0.6) is 0 Å². The van der Waals surface area contributed by atoms with E-state index in [0.29, 0.717) is 16.0 Å². The zero-order valence-corrected chi connectivity index (χ0v) is 18.1. The normalized spacial score (nSPS) is 12.9. The van der Waals surface area contributed by atoms with Crippen molar-refractivity contribution < 1.29 is 13.2 Å². The van der Waals surface area contributed by atoms with Gasteiger partial charge in [-0.05, 0) is 48.7 Å². The van der Waals surface area contributed by atoms with Crippen molar-refractivity contribution >= 4 is 54.2 Å². The molecular formula is C22H18N4O3S2. The average Bonchev–Trinajstić information content (AvgIpc) is 3.51. The van der Waals surface area contributed by atoms with E-state index in [1.54, 1.807) is 34.3 Å². The van der Waals surface area contributed by atoms with Crippen LogP contribution in [0.15, 0.2) is 83.5 Å². The predicted octanol–water partition coefficient (Wildman–Crippen LogP) is 4.75. The van der Waals surface area contributed by atoms with Gasteiger partial charge in [0.05, 0.1) is 10.4 Å². The van der Waals surface area contributed by atoms with Crippen LogP contribution in [0, 0.1) is 0 Å². The Kier molecular flexibility index (Phi) is 4.64. The quantitative estimate of drug-likeness (QED) is 0.418. The van der Waals surface area contributed by atoms with Gasteiger partial charge in [-0.2, -0.15) is 0 Å². The molecule has 156 valence electrons. The minimum Gasteiger partial charge on any atom is -0.335 e. The average molecular weight is 451 g/mol. The molecule has 1 N–H and O–H groups in total. The number of sulfonamides is 1. The molecule has 3 aromatic heterocycles. The summed E-state index contributed by atoms with van der Waals surface area (Å²) in [5.41, 5.74) is 1.64. The molecule has 7 nitrogen and oxygen atoms in total. The molecule has 0 aliphatic rings. The zero-order chi connectivity index (χ0) is 21.6. The first-order valence-corrected chi connectivity index (χ1v) is 11.9. The number of para-hydroxylation sites is 1. The maximum atomic E-state index is 13.3. The standard InChI is InChI=1S/C22H18N4O3S2/c1-15(25-11-8-16-4-2-3-5-19(16)25)21(27)26-12-9-17-14-18(6-7-20(17)26)31(28,29)24-22-23-10-13-30-22/h2-15H,1H3,(H,23,24). The Balaban J connectivity index is 1.48. The molecule has 5 aromatic rings. The summed E-state index contributed by atoms with van der Waals surface area (Å²) in [5, 5.41) is 3.74. The van der Waals surface area contributed by atoms with E-state index in [9.17, 15) is 13.2 Å². The highest BCUT2D eigenvalue weighted by Crippen LogP contribution is 2.26. The number of carbonyl (C=O) groups is 1. The third-order valence-corrected chi connectivity index (χ3v) is 7.42. The van der Waals surface area contributed by atoms with E-state index in [2.05, 4.69) is 9.71 Å². The number of rotatable bonds is 5. The lowest BCUT2D eigenvalue weighted by Crippen LogP contribution is -2.21. The molecule has 0 amide bonds. The van der Waals surface area contributed by atoms with Gasteiger partial charge >= 0.3 is 0 Å². The first-order chi connectivity index (χ1) is 14.9. The van der Waals surface area contributed by atoms with E-state index in [1.165, 1.54) is 23.6 Å². The number of anilines is 1. The van der Waals surface area contributed by atoms with Crippen molar-refractivity contribution in [1.82, 2.24) is 14.1 Å². The smallest absolute Gasteiger partial charge is 0.263 e. The fourth-order valence-electron chi connectivity index (χ4n) is 3.69. The SMILES string of the molecule is CC(C(=O)n1ccc2cc(S(=O)(=O)Nc3nccs3)ccc21)n1ccc2ccccc21. The number of thiazole rings is 1. The van der Waals surface area contributed by atoms with Crippen molar-refractivity contribution in [2.45, 2.75) is 17.9 Å². The summed E-state index contributed by atoms with van der Waals surface area (Å²) < 4.78 is 31.3. The molecule has 0 radical (unpaired) electrons. The lowest BCUT2D eigenvalue weighted by Gasteiger charge is -2.15. The molecule has 1 unspecified atom stereocenters. The molecule has 2 aromatic carbocycles. The molecule has 0 saturated heterocycles. The van der Waals surface area contributed by atoms with Gasteiger partial charge in [0.15, 0.2) is 5.13 Å². The van der Waals surface area contributed by atoms with Gasteiger partial charge in [0.25, 0.3) is 15.9 Å². The fourth-order valence-corrected chi connectivity index (χ4v) is 5.51. The molecular weight excluding hydrogens is 432 g/mol. The monoisotopic (exact) mass is 450 g/mol. The Bertz CT molecular complexity index is 1510. The van der Waals surface area contributed by atoms with Crippen LogP contribution < -0.4 is 4.72 Å². The van der Waals surface area contributed by atoms with Gasteiger partial charge in [-0.1, -0.05) is 18.2 Å². The molecule has 0 fully saturated rings. The molecule has 9 heteroatoms. The minimum atomic E-state index is -3.76. The number of nitrogens with one attached hydrogen (secondary N) is 1. The van der Waals surface area contributed by atoms with Crippen LogP contribution in [-0.2, 0) is 10.0 Å². The summed E-state index contributed by atoms with van der Waals surface area (Å²) in [4.78, 5) is 17.3. The Labute approximate surface area is 182 Å². The van der Waals surface area contributed by atoms with Crippen molar-refractivity contribution in [3.8, 4) is 0 Å². The summed E-state index contributed by atoms with van der Waals surface area (Å²) >= 11 is 1.21. The van der Waals surface area contributed by atoms with Crippen LogP contribution in [0.2, 0.25) is 0 Å². The highest BCUT2D eigenvalue weighted by molar-refractivity contribution is 7.93. The van der Waals surface area contributed by atoms with Crippen LogP contribution in [0.25, 0.3) is 21.8 Å². The maximum Gasteiger partial charge on any atom is 0.263 e. The van der Waals surface area contributed by atoms with Crippen molar-refractivity contribution in [2.24, 2.45) is 0 Å². The van der Waals surface area contributed by atoms with Crippen molar-refractivity contribution in [3.63, 3.8) is 0 Å². The van der Waals surface area contributed by atoms with E-state index < -0.39 is 16.1 Å². The van der Waals surface area contributed by atoms with E-state index in [-0.39, 0.29) is 10.8 Å². The molecule has 5 rings (SSSR count). The van der Waals surface area contributed by atoms with Gasteiger partial charge in [0, 0.05) is 34.9 Å². The summed E-state index contributed by atoms with van der Waals surface area (Å²) in [7, 11) is -3.76. The largest absolute Gasteiger partial charge is 0.335 e. The molecule has 0 bridgehead atoms. The van der Waals surface area contributed by atoms with Gasteiger partial charge in [-0.25, -0.2) is 13.4 Å². The Morgan fingerprint density at radius 3 is 2.65 bits per heavy atom. The summed E-state index contributed by atoms with van der Waals surface area (Å²) in [6.45, 7) is 1.86. The second kappa shape index (κ2) is 7.36. The third-order valence-electron chi connectivity index (χ3n) is 5.27. The Morgan fingerprint density at radius 1 is 1.03 bits per heavy atom. The van der Waals surface area contributed by atoms with Crippen LogP contribution in [-0.4, -0.2) is 28.4 Å². The van der Waals surface area contributed by atoms with Crippen LogP contribution >= 0.6 is 11.3 Å². The first kappa shape index (κ1) is 19.5. The molecule has 0 spiro atoms. The highest BCUT2D eigenvalue weighted by atomic mass is 32.2. The van der Waals surface area contributed by atoms with E-state index in [0.717, 1.165) is 10.9 Å². The molecule has 0 aliphatic carbocycles. The lowest BCUT2D eigenvalue weighted by atomic mass is 10.2. The maximum absolute atomic E-state index is 13.3. The van der Waals surface area contributed by atoms with Gasteiger partial charge < -0.3 is 4.57 Å². The summed E-state index contributed by atoms with van der Waals surface area (Å²) in [6.07, 6.45) is 5.13. The predicted molar refractivity (Wildman–Crippen MR) is 122 cm³/mol. The van der Waals surface area contributed by atoms with E-state index in [1.807, 2.05) is 48.0 Å². The van der Waals surface area contributed by atoms with Crippen LogP contribution in [0.1, 0.15) is 17.8 Å². The number of fused-ring (bicyclic) bond motifs is 2. The second-order valence-electron chi connectivity index (χ2n) is 7.15. The Morgan fingerprint density at radius 2 is 1.84 bits per heavy atom. The first-order valence-electron chi connectivity index (χ1n) is 9.57. The summed E-state index contributed by atoms with van der Waals surface area (Å²) in [5.74, 6) is -0.104. The summed E-state index contributed by atoms with van der Waals surface area (Å²) in [6, 6.07) is 15.9. The number of nitrogens with zero attached hydrogens (tertiary/aromatic N) is 3. The number of aromatic nitrogens is 3. The second-order valence-corrected chi connectivity index (χ2v) is 9.72. The fraction of sp³-hybridized carbons (Fsp3) is 0.0909. The van der Waals surface area contributed by atoms with Crippen molar-refractivity contribution in [3.05, 3.63) is 78.6 Å². The van der Waals surface area contributed by atoms with Crippen molar-refractivity contribution in [2.75, 3.05) is 4.72 Å². The van der Waals surface area contributed by atoms with Crippen molar-refractivity contribution in [1.29, 1.82) is 0 Å². The Hall–Kier alpha value is -3.43. The zero-order valence-electron chi connectivity index (χ0n) is 16.5. The van der Waals surface area contributed by atoms with Gasteiger partial charge in [0.2, 0.25) is 0 Å². The van der Waals surface area contributed by atoms with Gasteiger partial charge in [-0.3, -0.25) is 14.1 Å². The molecule has 1 atom stereocenters. The molecule has 3 heterocycles.